The summed E-state index contributed by atoms with van der Waals surface area (Å²) in [5, 5.41) is 3.93. The van der Waals surface area contributed by atoms with Crippen LogP contribution in [0.1, 0.15) is 38.5 Å². The predicted molar refractivity (Wildman–Crippen MR) is 87.0 cm³/mol. The van der Waals surface area contributed by atoms with Crippen LogP contribution in [0.15, 0.2) is 0 Å². The molecule has 0 aromatic rings. The van der Waals surface area contributed by atoms with Crippen LogP contribution in [0.25, 0.3) is 0 Å². The summed E-state index contributed by atoms with van der Waals surface area (Å²) < 4.78 is 5.35. The van der Waals surface area contributed by atoms with Gasteiger partial charge in [-0.15, -0.1) is 0 Å². The number of nitrogens with two attached hydrogens (primary N) is 1. The molecule has 2 aliphatic rings. The number of hydrogen-bond acceptors (Lipinski definition) is 4. The van der Waals surface area contributed by atoms with Crippen molar-refractivity contribution in [3.63, 3.8) is 0 Å². The van der Waals surface area contributed by atoms with E-state index in [0.29, 0.717) is 31.0 Å². The van der Waals surface area contributed by atoms with Gasteiger partial charge in [-0.3, -0.25) is 4.79 Å². The number of carbonyl (C=O) groups excluding carboxylic acids is 1. The Morgan fingerprint density at radius 3 is 2.40 bits per heavy atom. The Bertz CT molecular complexity index is 362. The number of thioether (sulfide) groups is 1. The van der Waals surface area contributed by atoms with Crippen molar-refractivity contribution < 1.29 is 9.53 Å². The van der Waals surface area contributed by atoms with E-state index >= 15 is 0 Å². The minimum atomic E-state index is -0.691. The molecule has 0 aromatic carbocycles. The fourth-order valence-corrected chi connectivity index (χ4v) is 4.11. The topological polar surface area (TPSA) is 64.4 Å². The van der Waals surface area contributed by atoms with Crippen molar-refractivity contribution in [1.29, 1.82) is 0 Å². The molecule has 0 atom stereocenters. The molecule has 1 saturated carbocycles. The van der Waals surface area contributed by atoms with Gasteiger partial charge < -0.3 is 15.8 Å². The third kappa shape index (κ3) is 3.46. The predicted octanol–water partition coefficient (Wildman–Crippen LogP) is 1.86. The summed E-state index contributed by atoms with van der Waals surface area (Å²) in [6.45, 7) is 1.12. The molecule has 1 amide bonds. The molecular weight excluding hydrogens is 292 g/mol. The van der Waals surface area contributed by atoms with Gasteiger partial charge in [0.2, 0.25) is 5.91 Å². The SMILES string of the molecule is CSC1CCC(NC(=O)C2(C(N)=S)CCOCC2)CC1. The van der Waals surface area contributed by atoms with Crippen molar-refractivity contribution in [3.05, 3.63) is 0 Å². The maximum absolute atomic E-state index is 12.6. The lowest BCUT2D eigenvalue weighted by Crippen LogP contribution is -2.54. The van der Waals surface area contributed by atoms with Gasteiger partial charge in [-0.1, -0.05) is 12.2 Å². The first-order valence-corrected chi connectivity index (χ1v) is 8.99. The summed E-state index contributed by atoms with van der Waals surface area (Å²) in [4.78, 5) is 13.0. The van der Waals surface area contributed by atoms with E-state index in [0.717, 1.165) is 18.1 Å². The van der Waals surface area contributed by atoms with Gasteiger partial charge in [0.15, 0.2) is 0 Å². The van der Waals surface area contributed by atoms with E-state index in [1.54, 1.807) is 0 Å². The average Bonchev–Trinajstić information content (AvgIpc) is 2.48. The number of nitrogens with one attached hydrogen (secondary N) is 1. The minimum absolute atomic E-state index is 0.0147. The molecule has 0 aromatic heterocycles. The Hall–Kier alpha value is -0.330. The zero-order chi connectivity index (χ0) is 14.6. The maximum atomic E-state index is 12.6. The van der Waals surface area contributed by atoms with Crippen molar-refractivity contribution in [2.45, 2.75) is 49.8 Å². The van der Waals surface area contributed by atoms with Gasteiger partial charge in [0, 0.05) is 24.5 Å². The van der Waals surface area contributed by atoms with Crippen molar-refractivity contribution in [3.8, 4) is 0 Å². The number of ether oxygens (including phenoxy) is 1. The summed E-state index contributed by atoms with van der Waals surface area (Å²) in [6.07, 6.45) is 7.84. The highest BCUT2D eigenvalue weighted by molar-refractivity contribution is 7.99. The maximum Gasteiger partial charge on any atom is 0.233 e. The van der Waals surface area contributed by atoms with Gasteiger partial charge >= 0.3 is 0 Å². The molecule has 6 heteroatoms. The minimum Gasteiger partial charge on any atom is -0.392 e. The Morgan fingerprint density at radius 1 is 1.30 bits per heavy atom. The van der Waals surface area contributed by atoms with Gasteiger partial charge in [-0.2, -0.15) is 11.8 Å². The number of amides is 1. The Balaban J connectivity index is 1.94. The lowest BCUT2D eigenvalue weighted by atomic mass is 9.78. The summed E-state index contributed by atoms with van der Waals surface area (Å²) in [6, 6.07) is 0.278. The first-order valence-electron chi connectivity index (χ1n) is 7.30. The summed E-state index contributed by atoms with van der Waals surface area (Å²) in [7, 11) is 0. The van der Waals surface area contributed by atoms with Crippen molar-refractivity contribution in [2.24, 2.45) is 11.1 Å². The molecule has 1 aliphatic heterocycles. The van der Waals surface area contributed by atoms with Gasteiger partial charge in [-0.25, -0.2) is 0 Å². The first kappa shape index (κ1) is 16.0. The van der Waals surface area contributed by atoms with Crippen LogP contribution in [0.3, 0.4) is 0 Å². The standard InChI is InChI=1S/C14H24N2O2S2/c1-20-11-4-2-10(3-5-11)16-13(17)14(12(15)19)6-8-18-9-7-14/h10-11H,2-9H2,1H3,(H2,15,19)(H,16,17). The number of thiocarbonyl (C=S) groups is 1. The van der Waals surface area contributed by atoms with Crippen LogP contribution >= 0.6 is 24.0 Å². The quantitative estimate of drug-likeness (QED) is 0.775. The summed E-state index contributed by atoms with van der Waals surface area (Å²) in [5.74, 6) is 0.0147. The van der Waals surface area contributed by atoms with E-state index in [1.165, 1.54) is 12.8 Å². The average molecular weight is 316 g/mol. The second-order valence-corrected chi connectivity index (χ2v) is 7.32. The van der Waals surface area contributed by atoms with Gasteiger partial charge in [0.1, 0.15) is 5.41 Å². The van der Waals surface area contributed by atoms with Crippen LogP contribution in [0.2, 0.25) is 0 Å². The van der Waals surface area contributed by atoms with Crippen LogP contribution in [-0.4, -0.2) is 41.7 Å². The molecule has 0 bridgehead atoms. The number of carbonyl (C=O) groups is 1. The summed E-state index contributed by atoms with van der Waals surface area (Å²) >= 11 is 7.10. The van der Waals surface area contributed by atoms with Crippen LogP contribution in [-0.2, 0) is 9.53 Å². The highest BCUT2D eigenvalue weighted by atomic mass is 32.2. The molecule has 20 heavy (non-hydrogen) atoms. The second-order valence-electron chi connectivity index (χ2n) is 5.74. The molecule has 3 N–H and O–H groups in total. The molecule has 2 rings (SSSR count). The lowest BCUT2D eigenvalue weighted by molar-refractivity contribution is -0.132. The highest BCUT2D eigenvalue weighted by Gasteiger charge is 2.43. The van der Waals surface area contributed by atoms with E-state index in [-0.39, 0.29) is 11.9 Å². The smallest absolute Gasteiger partial charge is 0.233 e. The monoisotopic (exact) mass is 316 g/mol. The van der Waals surface area contributed by atoms with Gasteiger partial charge in [0.05, 0.1) is 4.99 Å². The van der Waals surface area contributed by atoms with Crippen LogP contribution in [0, 0.1) is 5.41 Å². The summed E-state index contributed by atoms with van der Waals surface area (Å²) in [5.41, 5.74) is 5.17. The highest BCUT2D eigenvalue weighted by Crippen LogP contribution is 2.33. The molecule has 0 spiro atoms. The van der Waals surface area contributed by atoms with E-state index in [4.69, 9.17) is 22.7 Å². The molecule has 1 aliphatic carbocycles. The third-order valence-corrected chi connectivity index (χ3v) is 6.12. The molecule has 2 fully saturated rings. The van der Waals surface area contributed by atoms with Crippen molar-refractivity contribution in [1.82, 2.24) is 5.32 Å². The molecule has 1 saturated heterocycles. The molecule has 0 unspecified atom stereocenters. The van der Waals surface area contributed by atoms with E-state index in [9.17, 15) is 4.79 Å². The van der Waals surface area contributed by atoms with Gasteiger partial charge in [0.25, 0.3) is 0 Å². The molecule has 114 valence electrons. The largest absolute Gasteiger partial charge is 0.392 e. The number of hydrogen-bond donors (Lipinski definition) is 2. The van der Waals surface area contributed by atoms with E-state index in [2.05, 4.69) is 11.6 Å². The lowest BCUT2D eigenvalue weighted by Gasteiger charge is -2.37. The fourth-order valence-electron chi connectivity index (χ4n) is 3.07. The van der Waals surface area contributed by atoms with Gasteiger partial charge in [-0.05, 0) is 44.8 Å². The molecule has 1 heterocycles. The first-order chi connectivity index (χ1) is 9.58. The van der Waals surface area contributed by atoms with E-state index in [1.807, 2.05) is 11.8 Å². The Morgan fingerprint density at radius 2 is 1.90 bits per heavy atom. The van der Waals surface area contributed by atoms with E-state index < -0.39 is 5.41 Å². The molecule has 4 nitrogen and oxygen atoms in total. The molecular formula is C14H24N2O2S2. The molecule has 0 radical (unpaired) electrons. The van der Waals surface area contributed by atoms with Crippen molar-refractivity contribution >= 4 is 34.9 Å². The Labute approximate surface area is 130 Å². The van der Waals surface area contributed by atoms with Crippen LogP contribution < -0.4 is 11.1 Å². The fraction of sp³-hybridized carbons (Fsp3) is 0.857. The zero-order valence-corrected chi connectivity index (χ0v) is 13.7. The number of rotatable bonds is 4. The normalized spacial score (nSPS) is 29.6. The zero-order valence-electron chi connectivity index (χ0n) is 12.0. The van der Waals surface area contributed by atoms with Crippen LogP contribution in [0.5, 0.6) is 0 Å². The van der Waals surface area contributed by atoms with Crippen LogP contribution in [0.4, 0.5) is 0 Å². The second kappa shape index (κ2) is 7.09. The third-order valence-electron chi connectivity index (χ3n) is 4.60. The van der Waals surface area contributed by atoms with Crippen molar-refractivity contribution in [2.75, 3.05) is 19.5 Å². The Kier molecular flexibility index (Phi) is 5.69.